The molecule has 0 heterocycles. The van der Waals surface area contributed by atoms with E-state index in [-0.39, 0.29) is 16.8 Å². The highest BCUT2D eigenvalue weighted by Gasteiger charge is 2.16. The number of alkyl halides is 1. The molecule has 80 valence electrons. The van der Waals surface area contributed by atoms with Gasteiger partial charge in [-0.3, -0.25) is 4.79 Å². The van der Waals surface area contributed by atoms with Gasteiger partial charge in [0.25, 0.3) is 0 Å². The van der Waals surface area contributed by atoms with Gasteiger partial charge >= 0.3 is 0 Å². The molecule has 0 aromatic heterocycles. The fraction of sp³-hybridized carbons (Fsp3) is 0.700. The molecule has 2 atom stereocenters. The third-order valence-electron chi connectivity index (χ3n) is 1.64. The minimum atomic E-state index is -0.305. The molecule has 0 aliphatic heterocycles. The van der Waals surface area contributed by atoms with Gasteiger partial charge in [-0.05, 0) is 13.3 Å². The number of carbonyl (C=O) groups is 1. The van der Waals surface area contributed by atoms with E-state index in [0.717, 1.165) is 6.42 Å². The highest BCUT2D eigenvalue weighted by atomic mass is 79.9. The monoisotopic (exact) mass is 261 g/mol. The highest BCUT2D eigenvalue weighted by Crippen LogP contribution is 2.01. The van der Waals surface area contributed by atoms with E-state index in [2.05, 4.69) is 33.1 Å². The number of hydrogen-bond donors (Lipinski definition) is 1. The molecule has 0 fully saturated rings. The van der Waals surface area contributed by atoms with Gasteiger partial charge in [0, 0.05) is 7.11 Å². The summed E-state index contributed by atoms with van der Waals surface area (Å²) in [6, 6.07) is -0.0654. The van der Waals surface area contributed by atoms with Gasteiger partial charge in [0.15, 0.2) is 0 Å². The van der Waals surface area contributed by atoms with Crippen molar-refractivity contribution in [3.8, 4) is 11.8 Å². The van der Waals surface area contributed by atoms with Crippen molar-refractivity contribution in [1.82, 2.24) is 5.32 Å². The van der Waals surface area contributed by atoms with Gasteiger partial charge in [-0.15, -0.1) is 5.92 Å². The van der Waals surface area contributed by atoms with E-state index in [1.807, 2.05) is 6.92 Å². The first kappa shape index (κ1) is 13.5. The number of methoxy groups -OCH3 is 1. The second kappa shape index (κ2) is 7.84. The summed E-state index contributed by atoms with van der Waals surface area (Å²) in [6.45, 7) is 4.10. The molecule has 3 nitrogen and oxygen atoms in total. The zero-order chi connectivity index (χ0) is 11.0. The number of nitrogens with one attached hydrogen (secondary N) is 1. The van der Waals surface area contributed by atoms with E-state index >= 15 is 0 Å². The van der Waals surface area contributed by atoms with Gasteiger partial charge in [0.05, 0.1) is 12.6 Å². The van der Waals surface area contributed by atoms with Crippen molar-refractivity contribution < 1.29 is 9.53 Å². The van der Waals surface area contributed by atoms with Crippen LogP contribution in [0.1, 0.15) is 20.3 Å². The molecule has 2 unspecified atom stereocenters. The molecule has 14 heavy (non-hydrogen) atoms. The van der Waals surface area contributed by atoms with Crippen LogP contribution in [0.15, 0.2) is 0 Å². The Balaban J connectivity index is 4.05. The molecule has 0 saturated carbocycles. The molecule has 0 aliphatic carbocycles. The fourth-order valence-electron chi connectivity index (χ4n) is 0.899. The Morgan fingerprint density at radius 3 is 2.71 bits per heavy atom. The van der Waals surface area contributed by atoms with E-state index in [0.29, 0.717) is 6.61 Å². The molecule has 0 aromatic rings. The van der Waals surface area contributed by atoms with Crippen LogP contribution in [0.4, 0.5) is 0 Å². The van der Waals surface area contributed by atoms with E-state index in [1.54, 1.807) is 14.0 Å². The second-order valence-electron chi connectivity index (χ2n) is 2.79. The van der Waals surface area contributed by atoms with Crippen molar-refractivity contribution in [2.45, 2.75) is 31.1 Å². The smallest absolute Gasteiger partial charge is 0.237 e. The van der Waals surface area contributed by atoms with Gasteiger partial charge in [0.2, 0.25) is 5.91 Å². The van der Waals surface area contributed by atoms with Crippen LogP contribution in [0, 0.1) is 11.8 Å². The molecular formula is C10H16BrNO2. The average Bonchev–Trinajstić information content (AvgIpc) is 2.17. The Kier molecular flexibility index (Phi) is 7.54. The van der Waals surface area contributed by atoms with E-state index in [4.69, 9.17) is 4.74 Å². The molecular weight excluding hydrogens is 246 g/mol. The molecule has 0 bridgehead atoms. The molecule has 1 amide bonds. The van der Waals surface area contributed by atoms with Crippen molar-refractivity contribution in [1.29, 1.82) is 0 Å². The zero-order valence-corrected chi connectivity index (χ0v) is 10.3. The lowest BCUT2D eigenvalue weighted by Gasteiger charge is -2.13. The number of ether oxygens (including phenoxy) is 1. The molecule has 0 aromatic carbocycles. The quantitative estimate of drug-likeness (QED) is 0.599. The molecule has 0 spiro atoms. The number of rotatable bonds is 5. The van der Waals surface area contributed by atoms with Crippen LogP contribution in [0.5, 0.6) is 0 Å². The lowest BCUT2D eigenvalue weighted by molar-refractivity contribution is -0.121. The Hall–Kier alpha value is -0.530. The minimum Gasteiger partial charge on any atom is -0.383 e. The Labute approximate surface area is 93.7 Å². The van der Waals surface area contributed by atoms with Gasteiger partial charge in [-0.1, -0.05) is 28.8 Å². The predicted molar refractivity (Wildman–Crippen MR) is 60.3 cm³/mol. The molecule has 4 heteroatoms. The highest BCUT2D eigenvalue weighted by molar-refractivity contribution is 9.10. The Morgan fingerprint density at radius 1 is 1.64 bits per heavy atom. The molecule has 1 N–H and O–H groups in total. The minimum absolute atomic E-state index is 0.0654. The second-order valence-corrected chi connectivity index (χ2v) is 3.89. The first-order valence-electron chi connectivity index (χ1n) is 4.51. The number of hydrogen-bond acceptors (Lipinski definition) is 2. The summed E-state index contributed by atoms with van der Waals surface area (Å²) in [6.07, 6.45) is 0.805. The SMILES string of the molecule is CC#CC(CC)NC(=O)C(Br)COC. The van der Waals surface area contributed by atoms with Crippen LogP contribution in [0.25, 0.3) is 0 Å². The summed E-state index contributed by atoms with van der Waals surface area (Å²) in [4.78, 5) is 11.2. The van der Waals surface area contributed by atoms with Gasteiger partial charge in [0.1, 0.15) is 4.83 Å². The van der Waals surface area contributed by atoms with E-state index < -0.39 is 0 Å². The van der Waals surface area contributed by atoms with Crippen LogP contribution < -0.4 is 5.32 Å². The third-order valence-corrected chi connectivity index (χ3v) is 2.32. The summed E-state index contributed by atoms with van der Waals surface area (Å²) in [5.74, 6) is 5.62. The maximum absolute atomic E-state index is 11.5. The predicted octanol–water partition coefficient (Wildman–Crippen LogP) is 1.31. The van der Waals surface area contributed by atoms with Crippen LogP contribution in [0.2, 0.25) is 0 Å². The van der Waals surface area contributed by atoms with Crippen molar-refractivity contribution in [3.63, 3.8) is 0 Å². The number of halogens is 1. The number of amides is 1. The van der Waals surface area contributed by atoms with Crippen molar-refractivity contribution in [2.75, 3.05) is 13.7 Å². The largest absolute Gasteiger partial charge is 0.383 e. The van der Waals surface area contributed by atoms with Crippen molar-refractivity contribution in [3.05, 3.63) is 0 Å². The fourth-order valence-corrected chi connectivity index (χ4v) is 1.30. The van der Waals surface area contributed by atoms with Crippen LogP contribution in [-0.4, -0.2) is 30.5 Å². The number of carbonyl (C=O) groups excluding carboxylic acids is 1. The van der Waals surface area contributed by atoms with Crippen molar-refractivity contribution >= 4 is 21.8 Å². The summed E-state index contributed by atoms with van der Waals surface area (Å²) in [5.41, 5.74) is 0. The molecule has 0 radical (unpaired) electrons. The van der Waals surface area contributed by atoms with Gasteiger partial charge in [-0.2, -0.15) is 0 Å². The zero-order valence-electron chi connectivity index (χ0n) is 8.76. The van der Waals surface area contributed by atoms with Gasteiger partial charge < -0.3 is 10.1 Å². The Bertz CT molecular complexity index is 232. The van der Waals surface area contributed by atoms with Crippen LogP contribution in [0.3, 0.4) is 0 Å². The van der Waals surface area contributed by atoms with Gasteiger partial charge in [-0.25, -0.2) is 0 Å². The lowest BCUT2D eigenvalue weighted by atomic mass is 10.2. The lowest BCUT2D eigenvalue weighted by Crippen LogP contribution is -2.39. The van der Waals surface area contributed by atoms with Crippen LogP contribution in [-0.2, 0) is 9.53 Å². The summed E-state index contributed by atoms with van der Waals surface area (Å²) >= 11 is 3.23. The standard InChI is InChI=1S/C10H16BrNO2/c1-4-6-8(5-2)12-10(13)9(11)7-14-3/h8-9H,5,7H2,1-3H3,(H,12,13). The summed E-state index contributed by atoms with van der Waals surface area (Å²) < 4.78 is 4.86. The summed E-state index contributed by atoms with van der Waals surface area (Å²) in [5, 5.41) is 2.81. The molecule has 0 rings (SSSR count). The van der Waals surface area contributed by atoms with E-state index in [9.17, 15) is 4.79 Å². The molecule has 0 aliphatic rings. The topological polar surface area (TPSA) is 38.3 Å². The summed E-state index contributed by atoms with van der Waals surface area (Å²) in [7, 11) is 1.56. The Morgan fingerprint density at radius 2 is 2.29 bits per heavy atom. The normalized spacial score (nSPS) is 13.7. The first-order chi connectivity index (χ1) is 6.65. The third kappa shape index (κ3) is 5.25. The van der Waals surface area contributed by atoms with E-state index in [1.165, 1.54) is 0 Å². The molecule has 0 saturated heterocycles. The maximum atomic E-state index is 11.5. The average molecular weight is 262 g/mol. The van der Waals surface area contributed by atoms with Crippen LogP contribution >= 0.6 is 15.9 Å². The van der Waals surface area contributed by atoms with Crippen molar-refractivity contribution in [2.24, 2.45) is 0 Å². The first-order valence-corrected chi connectivity index (χ1v) is 5.42. The maximum Gasteiger partial charge on any atom is 0.237 e.